The van der Waals surface area contributed by atoms with Gasteiger partial charge in [0, 0.05) is 0 Å². The zero-order valence-corrected chi connectivity index (χ0v) is 13.1. The number of carbonyl (C=O) groups excluding carboxylic acids is 1. The predicted molar refractivity (Wildman–Crippen MR) is 82.3 cm³/mol. The molecule has 0 amide bonds. The lowest BCUT2D eigenvalue weighted by molar-refractivity contribution is -0.151. The monoisotopic (exact) mass is 291 g/mol. The molecule has 1 unspecified atom stereocenters. The van der Waals surface area contributed by atoms with Crippen LogP contribution in [0.15, 0.2) is 24.3 Å². The lowest BCUT2D eigenvalue weighted by Crippen LogP contribution is -2.48. The Kier molecular flexibility index (Phi) is 5.23. The van der Waals surface area contributed by atoms with Crippen molar-refractivity contribution in [2.24, 2.45) is 5.92 Å². The molecule has 1 fully saturated rings. The van der Waals surface area contributed by atoms with Crippen molar-refractivity contribution in [3.63, 3.8) is 0 Å². The van der Waals surface area contributed by atoms with Crippen LogP contribution in [0.3, 0.4) is 0 Å². The van der Waals surface area contributed by atoms with Crippen molar-refractivity contribution in [1.29, 1.82) is 0 Å². The molecule has 0 spiro atoms. The van der Waals surface area contributed by atoms with Gasteiger partial charge >= 0.3 is 5.97 Å². The van der Waals surface area contributed by atoms with Crippen LogP contribution in [0.5, 0.6) is 5.75 Å². The normalized spacial score (nSPS) is 17.1. The molecule has 4 nitrogen and oxygen atoms in total. The van der Waals surface area contributed by atoms with Crippen molar-refractivity contribution < 1.29 is 14.3 Å². The van der Waals surface area contributed by atoms with Crippen LogP contribution in [0.2, 0.25) is 0 Å². The third-order valence-corrected chi connectivity index (χ3v) is 3.87. The van der Waals surface area contributed by atoms with Crippen LogP contribution in [0.25, 0.3) is 0 Å². The Bertz CT molecular complexity index is 467. The number of benzene rings is 1. The summed E-state index contributed by atoms with van der Waals surface area (Å²) in [6.07, 6.45) is 2.49. The first-order valence-corrected chi connectivity index (χ1v) is 7.75. The quantitative estimate of drug-likeness (QED) is 0.748. The summed E-state index contributed by atoms with van der Waals surface area (Å²) in [6.45, 7) is 7.54. The summed E-state index contributed by atoms with van der Waals surface area (Å²) >= 11 is 0. The van der Waals surface area contributed by atoms with Crippen molar-refractivity contribution in [1.82, 2.24) is 5.32 Å². The second-order valence-electron chi connectivity index (χ2n) is 5.63. The first-order chi connectivity index (χ1) is 10.1. The molecular formula is C17H25NO3. The van der Waals surface area contributed by atoms with Gasteiger partial charge in [0.2, 0.25) is 0 Å². The molecule has 1 atom stereocenters. The van der Waals surface area contributed by atoms with Crippen LogP contribution in [0.4, 0.5) is 0 Å². The molecule has 2 rings (SSSR count). The summed E-state index contributed by atoms with van der Waals surface area (Å²) in [5.41, 5.74) is 0.105. The maximum Gasteiger partial charge on any atom is 0.330 e. The second kappa shape index (κ2) is 6.94. The number of esters is 1. The third kappa shape index (κ3) is 3.97. The number of carbonyl (C=O) groups is 1. The minimum absolute atomic E-state index is 0.227. The number of rotatable bonds is 8. The van der Waals surface area contributed by atoms with E-state index in [1.54, 1.807) is 0 Å². The van der Waals surface area contributed by atoms with Crippen molar-refractivity contribution in [3.05, 3.63) is 29.8 Å². The summed E-state index contributed by atoms with van der Waals surface area (Å²) in [5, 5.41) is 3.40. The molecule has 1 aromatic carbocycles. The molecule has 0 heterocycles. The van der Waals surface area contributed by atoms with Gasteiger partial charge in [0.15, 0.2) is 0 Å². The van der Waals surface area contributed by atoms with Crippen LogP contribution >= 0.6 is 0 Å². The van der Waals surface area contributed by atoms with Crippen LogP contribution in [0, 0.1) is 5.92 Å². The Hall–Kier alpha value is -1.55. The topological polar surface area (TPSA) is 47.6 Å². The predicted octanol–water partition coefficient (Wildman–Crippen LogP) is 2.86. The van der Waals surface area contributed by atoms with Gasteiger partial charge in [0.1, 0.15) is 11.3 Å². The van der Waals surface area contributed by atoms with Crippen molar-refractivity contribution in [2.75, 3.05) is 19.8 Å². The van der Waals surface area contributed by atoms with E-state index in [0.717, 1.165) is 17.9 Å². The number of hydrogen-bond acceptors (Lipinski definition) is 4. The Labute approximate surface area is 126 Å². The van der Waals surface area contributed by atoms with Gasteiger partial charge in [0.05, 0.1) is 13.2 Å². The summed E-state index contributed by atoms with van der Waals surface area (Å²) in [7, 11) is 0. The van der Waals surface area contributed by atoms with Crippen LogP contribution in [0.1, 0.15) is 39.2 Å². The molecule has 0 saturated heterocycles. The highest BCUT2D eigenvalue weighted by atomic mass is 16.5. The molecule has 0 aliphatic heterocycles. The van der Waals surface area contributed by atoms with Gasteiger partial charge in [0.25, 0.3) is 0 Å². The van der Waals surface area contributed by atoms with Gasteiger partial charge in [-0.25, -0.2) is 4.79 Å². The Morgan fingerprint density at radius 2 is 1.90 bits per heavy atom. The van der Waals surface area contributed by atoms with E-state index in [1.807, 2.05) is 45.0 Å². The smallest absolute Gasteiger partial charge is 0.330 e. The molecule has 1 aliphatic rings. The summed E-state index contributed by atoms with van der Waals surface area (Å²) in [4.78, 5) is 12.4. The first-order valence-electron chi connectivity index (χ1n) is 7.75. The van der Waals surface area contributed by atoms with E-state index in [1.165, 1.54) is 12.8 Å². The Morgan fingerprint density at radius 1 is 1.24 bits per heavy atom. The minimum Gasteiger partial charge on any atom is -0.494 e. The highest BCUT2D eigenvalue weighted by Gasteiger charge is 2.38. The SMILES string of the molecule is CCOC(=O)C(C)(NCC1CC1)c1ccc(OCC)cc1. The Balaban J connectivity index is 2.17. The number of nitrogens with one attached hydrogen (secondary N) is 1. The van der Waals surface area contributed by atoms with E-state index < -0.39 is 5.54 Å². The van der Waals surface area contributed by atoms with Crippen LogP contribution in [-0.2, 0) is 15.1 Å². The first kappa shape index (κ1) is 15.8. The second-order valence-corrected chi connectivity index (χ2v) is 5.63. The molecule has 1 aliphatic carbocycles. The number of hydrogen-bond donors (Lipinski definition) is 1. The summed E-state index contributed by atoms with van der Waals surface area (Å²) in [6, 6.07) is 7.66. The fraction of sp³-hybridized carbons (Fsp3) is 0.588. The molecule has 116 valence electrons. The largest absolute Gasteiger partial charge is 0.494 e. The summed E-state index contributed by atoms with van der Waals surface area (Å²) < 4.78 is 10.7. The zero-order chi connectivity index (χ0) is 15.3. The van der Waals surface area contributed by atoms with Gasteiger partial charge in [-0.1, -0.05) is 12.1 Å². The fourth-order valence-electron chi connectivity index (χ4n) is 2.29. The average molecular weight is 291 g/mol. The molecule has 0 aromatic heterocycles. The van der Waals surface area contributed by atoms with Crippen molar-refractivity contribution in [2.45, 2.75) is 39.2 Å². The zero-order valence-electron chi connectivity index (χ0n) is 13.1. The van der Waals surface area contributed by atoms with Gasteiger partial charge in [-0.05, 0) is 63.8 Å². The summed E-state index contributed by atoms with van der Waals surface area (Å²) in [5.74, 6) is 1.28. The lowest BCUT2D eigenvalue weighted by Gasteiger charge is -2.29. The van der Waals surface area contributed by atoms with Crippen molar-refractivity contribution >= 4 is 5.97 Å². The highest BCUT2D eigenvalue weighted by Crippen LogP contribution is 2.31. The van der Waals surface area contributed by atoms with E-state index in [-0.39, 0.29) is 5.97 Å². The standard InChI is InChI=1S/C17H25NO3/c1-4-20-15-10-8-14(9-11-15)17(3,16(19)21-5-2)18-12-13-6-7-13/h8-11,13,18H,4-7,12H2,1-3H3. The van der Waals surface area contributed by atoms with E-state index >= 15 is 0 Å². The van der Waals surface area contributed by atoms with E-state index in [4.69, 9.17) is 9.47 Å². The maximum absolute atomic E-state index is 12.4. The van der Waals surface area contributed by atoms with Crippen LogP contribution in [-0.4, -0.2) is 25.7 Å². The molecule has 21 heavy (non-hydrogen) atoms. The number of ether oxygens (including phenoxy) is 2. The molecule has 1 aromatic rings. The molecule has 0 radical (unpaired) electrons. The van der Waals surface area contributed by atoms with Gasteiger partial charge in [-0.3, -0.25) is 5.32 Å². The molecule has 1 saturated carbocycles. The third-order valence-electron chi connectivity index (χ3n) is 3.87. The Morgan fingerprint density at radius 3 is 2.43 bits per heavy atom. The molecule has 0 bridgehead atoms. The van der Waals surface area contributed by atoms with Crippen molar-refractivity contribution in [3.8, 4) is 5.75 Å². The molecule has 1 N–H and O–H groups in total. The maximum atomic E-state index is 12.4. The van der Waals surface area contributed by atoms with Gasteiger partial charge in [-0.15, -0.1) is 0 Å². The highest BCUT2D eigenvalue weighted by molar-refractivity contribution is 5.82. The lowest BCUT2D eigenvalue weighted by atomic mass is 9.91. The van der Waals surface area contributed by atoms with E-state index in [9.17, 15) is 4.79 Å². The molecular weight excluding hydrogens is 266 g/mol. The fourth-order valence-corrected chi connectivity index (χ4v) is 2.29. The van der Waals surface area contributed by atoms with E-state index in [2.05, 4.69) is 5.32 Å². The average Bonchev–Trinajstić information content (AvgIpc) is 3.30. The molecule has 4 heteroatoms. The van der Waals surface area contributed by atoms with Crippen LogP contribution < -0.4 is 10.1 Å². The van der Waals surface area contributed by atoms with Gasteiger partial charge < -0.3 is 9.47 Å². The van der Waals surface area contributed by atoms with Gasteiger partial charge in [-0.2, -0.15) is 0 Å². The minimum atomic E-state index is -0.802. The van der Waals surface area contributed by atoms with E-state index in [0.29, 0.717) is 19.1 Å².